The quantitative estimate of drug-likeness (QED) is 0.578. The van der Waals surface area contributed by atoms with Gasteiger partial charge in [0.1, 0.15) is 6.61 Å². The molecule has 0 radical (unpaired) electrons. The summed E-state index contributed by atoms with van der Waals surface area (Å²) in [5.41, 5.74) is 4.90. The molecule has 0 N–H and O–H groups in total. The average molecular weight is 342 g/mol. The van der Waals surface area contributed by atoms with E-state index in [1.165, 1.54) is 0 Å². The van der Waals surface area contributed by atoms with Crippen LogP contribution < -0.4 is 0 Å². The number of rotatable bonds is 4. The molecule has 2 heterocycles. The van der Waals surface area contributed by atoms with Gasteiger partial charge in [-0.15, -0.1) is 0 Å². The van der Waals surface area contributed by atoms with Gasteiger partial charge in [0.05, 0.1) is 5.70 Å². The lowest BCUT2D eigenvalue weighted by molar-refractivity contribution is -0.156. The fraction of sp³-hybridized carbons (Fsp3) is 0.438. The first kappa shape index (κ1) is 18.5. The van der Waals surface area contributed by atoms with Crippen molar-refractivity contribution in [3.63, 3.8) is 0 Å². The van der Waals surface area contributed by atoms with Crippen molar-refractivity contribution in [2.75, 3.05) is 6.61 Å². The summed E-state index contributed by atoms with van der Waals surface area (Å²) >= 11 is 0. The van der Waals surface area contributed by atoms with Crippen LogP contribution in [0.5, 0.6) is 0 Å². The molecule has 1 aliphatic heterocycles. The molecule has 1 aromatic rings. The third-order valence-corrected chi connectivity index (χ3v) is 3.80. The lowest BCUT2D eigenvalue weighted by atomic mass is 10.0. The number of halogens is 4. The minimum Gasteiger partial charge on any atom is -0.379 e. The van der Waals surface area contributed by atoms with E-state index in [-0.39, 0.29) is 0 Å². The summed E-state index contributed by atoms with van der Waals surface area (Å²) in [6.45, 7) is 7.29. The molecule has 0 bridgehead atoms. The molecule has 1 aliphatic rings. The number of allylic oxidation sites excluding steroid dienone is 3. The zero-order valence-corrected chi connectivity index (χ0v) is 14.3. The summed E-state index contributed by atoms with van der Waals surface area (Å²) in [7, 11) is -2.22. The van der Waals surface area contributed by atoms with Crippen molar-refractivity contribution in [2.45, 2.75) is 40.8 Å². The van der Waals surface area contributed by atoms with E-state index in [0.29, 0.717) is 22.7 Å². The Hall–Kier alpha value is -1.83. The van der Waals surface area contributed by atoms with Gasteiger partial charge in [-0.2, -0.15) is 13.2 Å². The van der Waals surface area contributed by atoms with Gasteiger partial charge in [0.2, 0.25) is 0 Å². The van der Waals surface area contributed by atoms with Gasteiger partial charge in [-0.05, 0) is 63.5 Å². The minimum absolute atomic E-state index is 0.484. The highest BCUT2D eigenvalue weighted by Gasteiger charge is 2.34. The van der Waals surface area contributed by atoms with Crippen molar-refractivity contribution < 1.29 is 22.1 Å². The van der Waals surface area contributed by atoms with E-state index in [9.17, 15) is 17.5 Å². The lowest BCUT2D eigenvalue weighted by Crippen LogP contribution is -2.31. The van der Waals surface area contributed by atoms with Crippen molar-refractivity contribution in [1.29, 1.82) is 0 Å². The Morgan fingerprint density at radius 3 is 2.38 bits per heavy atom. The van der Waals surface area contributed by atoms with Gasteiger partial charge in [-0.3, -0.25) is 9.31 Å². The SMILES string of the molecule is CC1=CC(C)=N/C1=C(/C)c1c(C)cc(C)n1B(F)OCC(F)(F)F. The van der Waals surface area contributed by atoms with Crippen molar-refractivity contribution >= 4 is 18.6 Å². The van der Waals surface area contributed by atoms with Crippen molar-refractivity contribution in [3.05, 3.63) is 40.4 Å². The topological polar surface area (TPSA) is 26.5 Å². The monoisotopic (exact) mass is 342 g/mol. The Morgan fingerprint density at radius 2 is 1.88 bits per heavy atom. The number of nitrogens with zero attached hydrogens (tertiary/aromatic N) is 2. The molecule has 0 aliphatic carbocycles. The maximum atomic E-state index is 14.4. The van der Waals surface area contributed by atoms with Gasteiger partial charge in [0, 0.05) is 17.1 Å². The van der Waals surface area contributed by atoms with Crippen LogP contribution in [0, 0.1) is 13.8 Å². The highest BCUT2D eigenvalue weighted by molar-refractivity contribution is 6.42. The molecule has 3 nitrogen and oxygen atoms in total. The molecule has 0 spiro atoms. The highest BCUT2D eigenvalue weighted by atomic mass is 19.4. The lowest BCUT2D eigenvalue weighted by Gasteiger charge is -2.16. The molecule has 130 valence electrons. The third-order valence-electron chi connectivity index (χ3n) is 3.80. The Bertz CT molecular complexity index is 744. The summed E-state index contributed by atoms with van der Waals surface area (Å²) in [6.07, 6.45) is -2.68. The van der Waals surface area contributed by atoms with E-state index >= 15 is 0 Å². The first-order valence-corrected chi connectivity index (χ1v) is 7.47. The first-order chi connectivity index (χ1) is 11.0. The van der Waals surface area contributed by atoms with Crippen LogP contribution in [0.15, 0.2) is 28.4 Å². The van der Waals surface area contributed by atoms with Crippen LogP contribution in [-0.4, -0.2) is 30.3 Å². The molecular weight excluding hydrogens is 323 g/mol. The average Bonchev–Trinajstić information content (AvgIpc) is 2.93. The second kappa shape index (κ2) is 6.59. The maximum absolute atomic E-state index is 14.4. The zero-order chi connectivity index (χ0) is 18.2. The van der Waals surface area contributed by atoms with E-state index in [2.05, 4.69) is 9.65 Å². The van der Waals surface area contributed by atoms with Gasteiger partial charge in [-0.25, -0.2) is 0 Å². The fourth-order valence-electron chi connectivity index (χ4n) is 2.96. The summed E-state index contributed by atoms with van der Waals surface area (Å²) in [5.74, 6) is 0. The molecule has 24 heavy (non-hydrogen) atoms. The van der Waals surface area contributed by atoms with Gasteiger partial charge in [0.25, 0.3) is 0 Å². The molecule has 0 atom stereocenters. The second-order valence-corrected chi connectivity index (χ2v) is 5.96. The van der Waals surface area contributed by atoms with Gasteiger partial charge < -0.3 is 9.13 Å². The van der Waals surface area contributed by atoms with Crippen LogP contribution in [0.4, 0.5) is 17.5 Å². The Kier molecular flexibility index (Phi) is 5.08. The minimum atomic E-state index is -4.58. The summed E-state index contributed by atoms with van der Waals surface area (Å²) in [6, 6.07) is 1.72. The van der Waals surface area contributed by atoms with Crippen LogP contribution in [0.1, 0.15) is 37.7 Å². The fourth-order valence-corrected chi connectivity index (χ4v) is 2.96. The first-order valence-electron chi connectivity index (χ1n) is 7.47. The van der Waals surface area contributed by atoms with Gasteiger partial charge in [-0.1, -0.05) is 0 Å². The van der Waals surface area contributed by atoms with Crippen molar-refractivity contribution in [3.8, 4) is 0 Å². The molecule has 0 fully saturated rings. The molecule has 8 heteroatoms. The predicted octanol–water partition coefficient (Wildman–Crippen LogP) is 4.64. The van der Waals surface area contributed by atoms with E-state index < -0.39 is 20.1 Å². The molecule has 0 aromatic carbocycles. The largest absolute Gasteiger partial charge is 0.637 e. The summed E-state index contributed by atoms with van der Waals surface area (Å²) in [4.78, 5) is 4.43. The normalized spacial score (nSPS) is 17.0. The van der Waals surface area contributed by atoms with Gasteiger partial charge in [0.15, 0.2) is 0 Å². The maximum Gasteiger partial charge on any atom is 0.637 e. The van der Waals surface area contributed by atoms with Crippen LogP contribution in [-0.2, 0) is 4.65 Å². The number of alkyl halides is 3. The van der Waals surface area contributed by atoms with E-state index in [1.807, 2.05) is 19.9 Å². The third kappa shape index (κ3) is 3.80. The van der Waals surface area contributed by atoms with E-state index in [0.717, 1.165) is 21.3 Å². The van der Waals surface area contributed by atoms with Crippen LogP contribution in [0.3, 0.4) is 0 Å². The van der Waals surface area contributed by atoms with E-state index in [4.69, 9.17) is 0 Å². The summed E-state index contributed by atoms with van der Waals surface area (Å²) in [5, 5.41) is 0. The molecule has 0 unspecified atom stereocenters. The highest BCUT2D eigenvalue weighted by Crippen LogP contribution is 2.32. The number of aromatic nitrogens is 1. The number of hydrogen-bond acceptors (Lipinski definition) is 2. The summed E-state index contributed by atoms with van der Waals surface area (Å²) < 4.78 is 56.8. The molecule has 0 amide bonds. The standard InChI is InChI=1S/C16H19BF4N2O/c1-9-6-11(3)22-14(9)13(5)15-10(2)7-12(4)23(15)17(21)24-8-16(18,19)20/h6-7H,8H2,1-5H3/b14-13-. The number of aliphatic imine (C=N–C) groups is 1. The van der Waals surface area contributed by atoms with Crippen molar-refractivity contribution in [1.82, 2.24) is 4.48 Å². The van der Waals surface area contributed by atoms with Crippen LogP contribution >= 0.6 is 0 Å². The van der Waals surface area contributed by atoms with Gasteiger partial charge >= 0.3 is 13.5 Å². The van der Waals surface area contributed by atoms with Crippen LogP contribution in [0.2, 0.25) is 0 Å². The number of hydrogen-bond donors (Lipinski definition) is 0. The van der Waals surface area contributed by atoms with Crippen LogP contribution in [0.25, 0.3) is 5.57 Å². The second-order valence-electron chi connectivity index (χ2n) is 5.96. The zero-order valence-electron chi connectivity index (χ0n) is 14.3. The molecule has 0 saturated heterocycles. The Balaban J connectivity index is 2.46. The number of aryl methyl sites for hydroxylation is 2. The smallest absolute Gasteiger partial charge is 0.379 e. The Morgan fingerprint density at radius 1 is 1.25 bits per heavy atom. The Labute approximate surface area is 138 Å². The molecule has 1 aromatic heterocycles. The predicted molar refractivity (Wildman–Crippen MR) is 87.6 cm³/mol. The molecule has 2 rings (SSSR count). The van der Waals surface area contributed by atoms with E-state index in [1.54, 1.807) is 26.8 Å². The van der Waals surface area contributed by atoms with Crippen molar-refractivity contribution in [2.24, 2.45) is 4.99 Å². The molecular formula is C16H19BF4N2O. The molecule has 0 saturated carbocycles.